The average Bonchev–Trinajstić information content (AvgIpc) is 3.42. The van der Waals surface area contributed by atoms with Gasteiger partial charge in [-0.15, -0.1) is 5.53 Å². The van der Waals surface area contributed by atoms with E-state index in [1.165, 1.54) is 18.4 Å². The summed E-state index contributed by atoms with van der Waals surface area (Å²) in [5.41, 5.74) is 8.79. The van der Waals surface area contributed by atoms with Gasteiger partial charge in [-0.1, -0.05) is 22.9 Å². The lowest BCUT2D eigenvalue weighted by atomic mass is 10.1. The number of hydrazine groups is 2. The van der Waals surface area contributed by atoms with E-state index < -0.39 is 6.03 Å². The molecule has 3 aromatic rings. The van der Waals surface area contributed by atoms with Crippen molar-refractivity contribution in [2.24, 2.45) is 0 Å². The van der Waals surface area contributed by atoms with Gasteiger partial charge >= 0.3 is 6.03 Å². The summed E-state index contributed by atoms with van der Waals surface area (Å²) >= 11 is 7.92. The molecule has 0 saturated heterocycles. The Bertz CT molecular complexity index is 1200. The highest BCUT2D eigenvalue weighted by Gasteiger charge is 2.21. The fourth-order valence-corrected chi connectivity index (χ4v) is 4.32. The van der Waals surface area contributed by atoms with Crippen molar-refractivity contribution in [2.75, 3.05) is 29.9 Å². The van der Waals surface area contributed by atoms with E-state index in [-0.39, 0.29) is 6.10 Å². The van der Waals surface area contributed by atoms with Crippen molar-refractivity contribution in [2.45, 2.75) is 20.0 Å². The Morgan fingerprint density at radius 2 is 2.06 bits per heavy atom. The molecule has 0 radical (unpaired) electrons. The van der Waals surface area contributed by atoms with E-state index in [0.29, 0.717) is 33.4 Å². The molecular formula is C20H22ClN7O3S. The number of fused-ring (bicyclic) bond motifs is 1. The molecule has 4 N–H and O–H groups in total. The lowest BCUT2D eigenvalue weighted by molar-refractivity contribution is 0.121. The summed E-state index contributed by atoms with van der Waals surface area (Å²) in [6.45, 7) is 3.81. The molecule has 0 saturated carbocycles. The Kier molecular flexibility index (Phi) is 6.33. The molecule has 2 amide bonds. The third-order valence-corrected chi connectivity index (χ3v) is 6.03. The maximum Gasteiger partial charge on any atom is 0.323 e. The van der Waals surface area contributed by atoms with E-state index in [0.717, 1.165) is 15.4 Å². The average molecular weight is 476 g/mol. The summed E-state index contributed by atoms with van der Waals surface area (Å²) < 4.78 is 11.0. The molecular weight excluding hydrogens is 454 g/mol. The van der Waals surface area contributed by atoms with Crippen LogP contribution in [0.15, 0.2) is 30.7 Å². The number of ether oxygens (including phenoxy) is 2. The number of nitrogens with one attached hydrogen (secondary N) is 4. The van der Waals surface area contributed by atoms with Gasteiger partial charge in [0.05, 0.1) is 46.5 Å². The summed E-state index contributed by atoms with van der Waals surface area (Å²) in [4.78, 5) is 22.6. The Balaban J connectivity index is 1.61. The number of carbonyl (C=O) groups excluding carboxylic acids is 1. The van der Waals surface area contributed by atoms with Gasteiger partial charge < -0.3 is 25.5 Å². The van der Waals surface area contributed by atoms with Gasteiger partial charge in [-0.3, -0.25) is 5.01 Å². The molecule has 4 rings (SSSR count). The molecule has 1 unspecified atom stereocenters. The van der Waals surface area contributed by atoms with Crippen molar-refractivity contribution in [3.05, 3.63) is 46.3 Å². The van der Waals surface area contributed by atoms with E-state index in [9.17, 15) is 4.79 Å². The highest BCUT2D eigenvalue weighted by atomic mass is 35.5. The second-order valence-corrected chi connectivity index (χ2v) is 8.46. The zero-order valence-corrected chi connectivity index (χ0v) is 19.4. The minimum Gasteiger partial charge on any atom is -0.494 e. The largest absolute Gasteiger partial charge is 0.494 e. The van der Waals surface area contributed by atoms with Crippen molar-refractivity contribution in [3.63, 3.8) is 0 Å². The zero-order valence-electron chi connectivity index (χ0n) is 17.8. The molecule has 0 fully saturated rings. The van der Waals surface area contributed by atoms with Gasteiger partial charge in [0.2, 0.25) is 0 Å². The first-order valence-corrected chi connectivity index (χ1v) is 10.8. The molecule has 12 heteroatoms. The highest BCUT2D eigenvalue weighted by Crippen LogP contribution is 2.37. The molecule has 1 aliphatic heterocycles. The van der Waals surface area contributed by atoms with Crippen LogP contribution >= 0.6 is 22.9 Å². The molecule has 168 valence electrons. The summed E-state index contributed by atoms with van der Waals surface area (Å²) in [5.74, 6) is 0.441. The predicted octanol–water partition coefficient (Wildman–Crippen LogP) is 4.31. The second-order valence-electron chi connectivity index (χ2n) is 6.88. The summed E-state index contributed by atoms with van der Waals surface area (Å²) in [6, 6.07) is 2.85. The van der Waals surface area contributed by atoms with Crippen LogP contribution in [0.25, 0.3) is 10.3 Å². The standard InChI is InChI=1S/C20H22ClN7O3S/c1-10(30-3)17-14(9-22-19-18(17)24-11(2)32-19)26-20(29)25-13-7-12(21)15(8-16(13)31-4)28-6-5-23-27-28/h5-10,23,27H,1-4H3,(H2,25,26,29). The van der Waals surface area contributed by atoms with Crippen LogP contribution < -0.4 is 31.3 Å². The number of aromatic nitrogens is 2. The van der Waals surface area contributed by atoms with Crippen LogP contribution in [0.5, 0.6) is 5.75 Å². The minimum absolute atomic E-state index is 0.296. The Hall–Kier alpha value is -3.12. The van der Waals surface area contributed by atoms with Crippen molar-refractivity contribution < 1.29 is 14.3 Å². The second kappa shape index (κ2) is 9.17. The number of pyridine rings is 1. The van der Waals surface area contributed by atoms with Gasteiger partial charge in [0.25, 0.3) is 0 Å². The van der Waals surface area contributed by atoms with Crippen LogP contribution in [0.4, 0.5) is 21.9 Å². The lowest BCUT2D eigenvalue weighted by Crippen LogP contribution is -2.35. The van der Waals surface area contributed by atoms with E-state index in [4.69, 9.17) is 21.1 Å². The van der Waals surface area contributed by atoms with Gasteiger partial charge in [0, 0.05) is 31.1 Å². The number of carbonyl (C=O) groups is 1. The van der Waals surface area contributed by atoms with Crippen LogP contribution in [-0.4, -0.2) is 30.2 Å². The van der Waals surface area contributed by atoms with Gasteiger partial charge in [0.15, 0.2) is 0 Å². The molecule has 2 aromatic heterocycles. The third kappa shape index (κ3) is 4.28. The number of hydrogen-bond donors (Lipinski definition) is 4. The Morgan fingerprint density at radius 3 is 2.75 bits per heavy atom. The van der Waals surface area contributed by atoms with Crippen LogP contribution in [-0.2, 0) is 4.74 Å². The smallest absolute Gasteiger partial charge is 0.323 e. The molecule has 1 aliphatic rings. The molecule has 0 bridgehead atoms. The van der Waals surface area contributed by atoms with Crippen LogP contribution in [0.1, 0.15) is 23.6 Å². The molecule has 1 atom stereocenters. The fraction of sp³-hybridized carbons (Fsp3) is 0.250. The quantitative estimate of drug-likeness (QED) is 0.417. The van der Waals surface area contributed by atoms with E-state index >= 15 is 0 Å². The monoisotopic (exact) mass is 475 g/mol. The minimum atomic E-state index is -0.481. The fourth-order valence-electron chi connectivity index (χ4n) is 3.29. The van der Waals surface area contributed by atoms with Gasteiger partial charge in [-0.25, -0.2) is 14.8 Å². The zero-order chi connectivity index (χ0) is 22.8. The van der Waals surface area contributed by atoms with E-state index in [2.05, 4.69) is 31.6 Å². The van der Waals surface area contributed by atoms with Crippen LogP contribution in [0.3, 0.4) is 0 Å². The van der Waals surface area contributed by atoms with Crippen molar-refractivity contribution in [1.82, 2.24) is 20.9 Å². The Morgan fingerprint density at radius 1 is 1.28 bits per heavy atom. The molecule has 1 aromatic carbocycles. The van der Waals surface area contributed by atoms with Crippen molar-refractivity contribution in [3.8, 4) is 5.75 Å². The molecule has 3 heterocycles. The first kappa shape index (κ1) is 22.1. The highest BCUT2D eigenvalue weighted by molar-refractivity contribution is 7.18. The summed E-state index contributed by atoms with van der Waals surface area (Å²) in [7, 11) is 3.12. The Labute approximate surface area is 193 Å². The third-order valence-electron chi connectivity index (χ3n) is 4.85. The topological polar surface area (TPSA) is 113 Å². The van der Waals surface area contributed by atoms with Crippen LogP contribution in [0, 0.1) is 6.92 Å². The maximum atomic E-state index is 12.9. The number of hydrogen-bond acceptors (Lipinski definition) is 9. The number of amides is 2. The number of aryl methyl sites for hydroxylation is 1. The normalized spacial score (nSPS) is 13.8. The van der Waals surface area contributed by atoms with Gasteiger partial charge in [0.1, 0.15) is 16.1 Å². The van der Waals surface area contributed by atoms with Gasteiger partial charge in [-0.2, -0.15) is 0 Å². The number of nitrogens with zero attached hydrogens (tertiary/aromatic N) is 3. The molecule has 0 spiro atoms. The van der Waals surface area contributed by atoms with Crippen molar-refractivity contribution >= 4 is 56.4 Å². The van der Waals surface area contributed by atoms with Gasteiger partial charge in [-0.05, 0) is 19.9 Å². The molecule has 10 nitrogen and oxygen atoms in total. The number of rotatable bonds is 6. The maximum absolute atomic E-state index is 12.9. The van der Waals surface area contributed by atoms with Crippen molar-refractivity contribution in [1.29, 1.82) is 0 Å². The number of benzene rings is 1. The van der Waals surface area contributed by atoms with Crippen LogP contribution in [0.2, 0.25) is 5.02 Å². The number of anilines is 3. The molecule has 32 heavy (non-hydrogen) atoms. The van der Waals surface area contributed by atoms with E-state index in [1.54, 1.807) is 42.8 Å². The molecule has 0 aliphatic carbocycles. The lowest BCUT2D eigenvalue weighted by Gasteiger charge is -2.20. The first-order valence-electron chi connectivity index (χ1n) is 9.62. The SMILES string of the molecule is COc1cc(N2C=CNN2)c(Cl)cc1NC(=O)Nc1cnc2sc(C)nc2c1C(C)OC. The summed E-state index contributed by atoms with van der Waals surface area (Å²) in [6.07, 6.45) is 4.80. The number of methoxy groups -OCH3 is 2. The number of halogens is 1. The first-order chi connectivity index (χ1) is 15.4. The number of urea groups is 1. The van der Waals surface area contributed by atoms with E-state index in [1.807, 2.05) is 13.8 Å². The predicted molar refractivity (Wildman–Crippen MR) is 126 cm³/mol. The summed E-state index contributed by atoms with van der Waals surface area (Å²) in [5, 5.41) is 8.62. The number of thiazole rings is 1.